The molecule has 5 nitrogen and oxygen atoms in total. The molecule has 38 heavy (non-hydrogen) atoms. The normalized spacial score (nSPS) is 10.7. The average Bonchev–Trinajstić information content (AvgIpc) is 3.40. The van der Waals surface area contributed by atoms with Crippen LogP contribution in [0.2, 0.25) is 0 Å². The van der Waals surface area contributed by atoms with Gasteiger partial charge in [-0.05, 0) is 70.7 Å². The van der Waals surface area contributed by atoms with Crippen molar-refractivity contribution in [3.05, 3.63) is 100 Å². The Kier molecular flexibility index (Phi) is 11.9. The minimum absolute atomic E-state index is 0. The first-order valence-electron chi connectivity index (χ1n) is 12.8. The molecule has 0 fully saturated rings. The number of aromatic carboxylic acids is 1. The molecule has 4 aromatic rings. The predicted octanol–water partition coefficient (Wildman–Crippen LogP) is 7.70. The van der Waals surface area contributed by atoms with Crippen LogP contribution in [0.25, 0.3) is 11.1 Å². The molecule has 0 spiro atoms. The van der Waals surface area contributed by atoms with Crippen molar-refractivity contribution in [2.75, 3.05) is 0 Å². The SMILES string of the molecule is CCCC(CCC)c1ccc(OCc2ccc(-c3csc(COc4cncc(C(=O)O)c4)c3)cc2)cc1.[NaH]. The summed E-state index contributed by atoms with van der Waals surface area (Å²) in [6, 6.07) is 20.6. The molecule has 1 N–H and O–H groups in total. The monoisotopic (exact) mass is 539 g/mol. The zero-order valence-electron chi connectivity index (χ0n) is 21.4. The van der Waals surface area contributed by atoms with Crippen LogP contribution in [-0.4, -0.2) is 45.6 Å². The predicted molar refractivity (Wildman–Crippen MR) is 156 cm³/mol. The van der Waals surface area contributed by atoms with Gasteiger partial charge in [-0.15, -0.1) is 11.3 Å². The zero-order chi connectivity index (χ0) is 26.0. The van der Waals surface area contributed by atoms with Crippen molar-refractivity contribution in [2.45, 2.75) is 58.7 Å². The van der Waals surface area contributed by atoms with Crippen molar-refractivity contribution in [2.24, 2.45) is 0 Å². The van der Waals surface area contributed by atoms with Gasteiger partial charge in [-0.2, -0.15) is 0 Å². The molecular formula is C31H34NNaO4S. The second-order valence-electron chi connectivity index (χ2n) is 9.13. The minimum atomic E-state index is -1.02. The number of nitrogens with zero attached hydrogens (tertiary/aromatic N) is 1. The first kappa shape index (κ1) is 29.9. The summed E-state index contributed by atoms with van der Waals surface area (Å²) >= 11 is 1.61. The van der Waals surface area contributed by atoms with E-state index in [1.54, 1.807) is 11.3 Å². The van der Waals surface area contributed by atoms with E-state index in [1.165, 1.54) is 49.7 Å². The topological polar surface area (TPSA) is 68.7 Å². The van der Waals surface area contributed by atoms with E-state index >= 15 is 0 Å². The molecule has 2 aromatic carbocycles. The van der Waals surface area contributed by atoms with Crippen molar-refractivity contribution >= 4 is 46.9 Å². The number of pyridine rings is 1. The molecule has 4 rings (SSSR count). The van der Waals surface area contributed by atoms with Crippen molar-refractivity contribution < 1.29 is 19.4 Å². The van der Waals surface area contributed by atoms with Gasteiger partial charge in [0.05, 0.1) is 11.8 Å². The van der Waals surface area contributed by atoms with Crippen molar-refractivity contribution in [3.63, 3.8) is 0 Å². The van der Waals surface area contributed by atoms with Gasteiger partial charge < -0.3 is 14.6 Å². The molecular weight excluding hydrogens is 505 g/mol. The number of thiophene rings is 1. The molecule has 0 saturated heterocycles. The number of aromatic nitrogens is 1. The summed E-state index contributed by atoms with van der Waals surface area (Å²) in [5, 5.41) is 11.2. The summed E-state index contributed by atoms with van der Waals surface area (Å²) in [5.74, 6) is 0.953. The van der Waals surface area contributed by atoms with Crippen LogP contribution in [0.15, 0.2) is 78.4 Å². The van der Waals surface area contributed by atoms with E-state index in [2.05, 4.69) is 78.8 Å². The second kappa shape index (κ2) is 15.1. The Labute approximate surface area is 251 Å². The van der Waals surface area contributed by atoms with Gasteiger partial charge in [-0.1, -0.05) is 63.1 Å². The summed E-state index contributed by atoms with van der Waals surface area (Å²) in [5.41, 5.74) is 4.89. The summed E-state index contributed by atoms with van der Waals surface area (Å²) in [6.45, 7) is 5.39. The van der Waals surface area contributed by atoms with E-state index in [9.17, 15) is 4.79 Å². The van der Waals surface area contributed by atoms with Crippen LogP contribution in [0.1, 0.15) is 71.8 Å². The molecule has 2 aromatic heterocycles. The summed E-state index contributed by atoms with van der Waals surface area (Å²) in [6.07, 6.45) is 7.71. The average molecular weight is 540 g/mol. The molecule has 0 aliphatic carbocycles. The van der Waals surface area contributed by atoms with Crippen LogP contribution >= 0.6 is 11.3 Å². The Morgan fingerprint density at radius 2 is 1.55 bits per heavy atom. The number of rotatable bonds is 13. The first-order valence-corrected chi connectivity index (χ1v) is 13.6. The first-order chi connectivity index (χ1) is 18.1. The van der Waals surface area contributed by atoms with Crippen LogP contribution in [-0.2, 0) is 13.2 Å². The quantitative estimate of drug-likeness (QED) is 0.176. The van der Waals surface area contributed by atoms with Gasteiger partial charge in [0.2, 0.25) is 0 Å². The van der Waals surface area contributed by atoms with Crippen LogP contribution in [0.5, 0.6) is 11.5 Å². The fourth-order valence-electron chi connectivity index (χ4n) is 4.35. The molecule has 0 aliphatic rings. The van der Waals surface area contributed by atoms with Gasteiger partial charge in [0, 0.05) is 11.1 Å². The Balaban J connectivity index is 0.00000400. The van der Waals surface area contributed by atoms with E-state index in [4.69, 9.17) is 14.6 Å². The van der Waals surface area contributed by atoms with Crippen LogP contribution in [0.4, 0.5) is 0 Å². The maximum atomic E-state index is 11.1. The van der Waals surface area contributed by atoms with E-state index in [-0.39, 0.29) is 35.1 Å². The van der Waals surface area contributed by atoms with E-state index < -0.39 is 5.97 Å². The van der Waals surface area contributed by atoms with Gasteiger partial charge in [-0.3, -0.25) is 4.98 Å². The number of hydrogen-bond acceptors (Lipinski definition) is 5. The molecule has 0 radical (unpaired) electrons. The van der Waals surface area contributed by atoms with E-state index in [0.717, 1.165) is 27.3 Å². The third-order valence-electron chi connectivity index (χ3n) is 6.31. The summed E-state index contributed by atoms with van der Waals surface area (Å²) in [7, 11) is 0. The number of carboxylic acid groups (broad SMARTS) is 1. The fourth-order valence-corrected chi connectivity index (χ4v) is 5.15. The molecule has 2 heterocycles. The summed E-state index contributed by atoms with van der Waals surface area (Å²) in [4.78, 5) is 16.1. The molecule has 194 valence electrons. The Hall–Kier alpha value is -2.64. The molecule has 0 bridgehead atoms. The Bertz CT molecular complexity index is 1280. The molecule has 0 saturated carbocycles. The molecule has 7 heteroatoms. The second-order valence-corrected chi connectivity index (χ2v) is 10.1. The van der Waals surface area contributed by atoms with Gasteiger partial charge in [0.25, 0.3) is 0 Å². The van der Waals surface area contributed by atoms with Crippen molar-refractivity contribution in [1.29, 1.82) is 0 Å². The fraction of sp³-hybridized carbons (Fsp3) is 0.290. The third-order valence-corrected chi connectivity index (χ3v) is 7.22. The Morgan fingerprint density at radius 3 is 2.21 bits per heavy atom. The van der Waals surface area contributed by atoms with Crippen LogP contribution < -0.4 is 9.47 Å². The van der Waals surface area contributed by atoms with E-state index in [0.29, 0.717) is 24.9 Å². The van der Waals surface area contributed by atoms with Crippen LogP contribution in [0.3, 0.4) is 0 Å². The Morgan fingerprint density at radius 1 is 0.868 bits per heavy atom. The number of hydrogen-bond donors (Lipinski definition) is 1. The molecule has 0 atom stereocenters. The number of carbonyl (C=O) groups is 1. The van der Waals surface area contributed by atoms with Gasteiger partial charge in [-0.25, -0.2) is 4.79 Å². The number of ether oxygens (including phenoxy) is 2. The third kappa shape index (κ3) is 8.43. The maximum absolute atomic E-state index is 11.1. The molecule has 0 amide bonds. The van der Waals surface area contributed by atoms with E-state index in [1.807, 2.05) is 0 Å². The van der Waals surface area contributed by atoms with Gasteiger partial charge in [0.15, 0.2) is 0 Å². The molecule has 0 aliphatic heterocycles. The van der Waals surface area contributed by atoms with Gasteiger partial charge in [0.1, 0.15) is 24.7 Å². The number of benzene rings is 2. The van der Waals surface area contributed by atoms with Crippen LogP contribution in [0, 0.1) is 0 Å². The van der Waals surface area contributed by atoms with Crippen molar-refractivity contribution in [3.8, 4) is 22.6 Å². The van der Waals surface area contributed by atoms with Crippen molar-refractivity contribution in [1.82, 2.24) is 4.98 Å². The molecule has 0 unspecified atom stereocenters. The van der Waals surface area contributed by atoms with Gasteiger partial charge >= 0.3 is 35.5 Å². The standard InChI is InChI=1S/C31H33NO4S.Na.H/c1-3-5-23(6-4-2)24-11-13-28(14-12-24)35-19-22-7-9-25(10-8-22)27-16-30(37-21-27)20-36-29-15-26(31(33)34)17-32-18-29;;/h7-18,21,23H,3-6,19-20H2,1-2H3,(H,33,34);;. The summed E-state index contributed by atoms with van der Waals surface area (Å²) < 4.78 is 11.8. The number of carboxylic acids is 1. The zero-order valence-corrected chi connectivity index (χ0v) is 22.2.